The van der Waals surface area contributed by atoms with E-state index in [1.807, 2.05) is 6.92 Å². The molecule has 1 aromatic carbocycles. The van der Waals surface area contributed by atoms with E-state index in [0.717, 1.165) is 50.5 Å². The maximum Gasteiger partial charge on any atom is 0.318 e. The Morgan fingerprint density at radius 3 is 2.44 bits per heavy atom. The molecule has 0 unspecified atom stereocenters. The first kappa shape index (κ1) is 16.2. The van der Waals surface area contributed by atoms with Crippen LogP contribution in [-0.4, -0.2) is 44.1 Å². The van der Waals surface area contributed by atoms with Gasteiger partial charge in [0.25, 0.3) is 0 Å². The van der Waals surface area contributed by atoms with Gasteiger partial charge in [-0.1, -0.05) is 5.10 Å². The molecule has 7 nitrogen and oxygen atoms in total. The average molecular weight is 345 g/mol. The molecule has 0 atom stereocenters. The lowest BCUT2D eigenvalue weighted by Gasteiger charge is -2.44. The largest absolute Gasteiger partial charge is 0.493 e. The lowest BCUT2D eigenvalue weighted by atomic mass is 9.79. The van der Waals surface area contributed by atoms with E-state index in [2.05, 4.69) is 27.2 Å². The molecule has 4 rings (SSSR count). The van der Waals surface area contributed by atoms with Gasteiger partial charge < -0.3 is 23.5 Å². The number of methoxy groups -OCH3 is 2. The number of hydrogen-bond acceptors (Lipinski definition) is 7. The SMILES string of the molecule is COc1cc2c(cc1OC)C1(CCN(c3nnc(C)o3)CC1)OCC2. The van der Waals surface area contributed by atoms with Gasteiger partial charge in [0.15, 0.2) is 11.5 Å². The predicted molar refractivity (Wildman–Crippen MR) is 91.4 cm³/mol. The molecule has 1 saturated heterocycles. The van der Waals surface area contributed by atoms with Crippen LogP contribution < -0.4 is 14.4 Å². The van der Waals surface area contributed by atoms with E-state index in [4.69, 9.17) is 18.6 Å². The molecule has 0 N–H and O–H groups in total. The minimum absolute atomic E-state index is 0.279. The number of piperidine rings is 1. The van der Waals surface area contributed by atoms with E-state index in [9.17, 15) is 0 Å². The number of aryl methyl sites for hydroxylation is 1. The molecule has 2 aliphatic heterocycles. The Morgan fingerprint density at radius 2 is 1.80 bits per heavy atom. The maximum absolute atomic E-state index is 6.31. The number of fused-ring (bicyclic) bond motifs is 2. The summed E-state index contributed by atoms with van der Waals surface area (Å²) < 4.78 is 22.8. The summed E-state index contributed by atoms with van der Waals surface area (Å²) in [6.07, 6.45) is 2.64. The predicted octanol–water partition coefficient (Wildman–Crippen LogP) is 2.46. The van der Waals surface area contributed by atoms with Crippen LogP contribution in [0.2, 0.25) is 0 Å². The number of hydrogen-bond donors (Lipinski definition) is 0. The molecule has 0 saturated carbocycles. The molecular formula is C18H23N3O4. The van der Waals surface area contributed by atoms with Crippen LogP contribution in [0.15, 0.2) is 16.5 Å². The summed E-state index contributed by atoms with van der Waals surface area (Å²) >= 11 is 0. The second-order valence-electron chi connectivity index (χ2n) is 6.55. The van der Waals surface area contributed by atoms with Gasteiger partial charge in [0, 0.05) is 20.0 Å². The van der Waals surface area contributed by atoms with Crippen molar-refractivity contribution < 1.29 is 18.6 Å². The van der Waals surface area contributed by atoms with E-state index in [0.29, 0.717) is 11.9 Å². The molecule has 1 spiro atoms. The molecule has 0 bridgehead atoms. The zero-order valence-electron chi connectivity index (χ0n) is 14.9. The molecule has 3 heterocycles. The quantitative estimate of drug-likeness (QED) is 0.846. The summed E-state index contributed by atoms with van der Waals surface area (Å²) in [7, 11) is 3.34. The summed E-state index contributed by atoms with van der Waals surface area (Å²) in [4.78, 5) is 2.13. The highest BCUT2D eigenvalue weighted by Crippen LogP contribution is 2.45. The van der Waals surface area contributed by atoms with Gasteiger partial charge in [0.1, 0.15) is 0 Å². The van der Waals surface area contributed by atoms with Gasteiger partial charge >= 0.3 is 6.01 Å². The van der Waals surface area contributed by atoms with Gasteiger partial charge in [-0.05, 0) is 42.5 Å². The fourth-order valence-corrected chi connectivity index (χ4v) is 3.87. The minimum atomic E-state index is -0.279. The van der Waals surface area contributed by atoms with Crippen LogP contribution in [0.25, 0.3) is 0 Å². The number of rotatable bonds is 3. The highest BCUT2D eigenvalue weighted by Gasteiger charge is 2.42. The molecule has 2 aromatic rings. The molecule has 1 aromatic heterocycles. The first-order valence-corrected chi connectivity index (χ1v) is 8.59. The normalized spacial score (nSPS) is 18.9. The summed E-state index contributed by atoms with van der Waals surface area (Å²) in [6, 6.07) is 4.77. The van der Waals surface area contributed by atoms with Crippen LogP contribution in [0.3, 0.4) is 0 Å². The number of anilines is 1. The Hall–Kier alpha value is -2.28. The zero-order chi connectivity index (χ0) is 17.4. The number of ether oxygens (including phenoxy) is 3. The van der Waals surface area contributed by atoms with Gasteiger partial charge in [-0.2, -0.15) is 0 Å². The Kier molecular flexibility index (Phi) is 4.03. The van der Waals surface area contributed by atoms with E-state index < -0.39 is 0 Å². The number of nitrogens with zero attached hydrogens (tertiary/aromatic N) is 3. The number of aromatic nitrogens is 2. The number of benzene rings is 1. The van der Waals surface area contributed by atoms with Crippen LogP contribution in [0, 0.1) is 6.92 Å². The lowest BCUT2D eigenvalue weighted by Crippen LogP contribution is -2.46. The first-order valence-electron chi connectivity index (χ1n) is 8.59. The van der Waals surface area contributed by atoms with E-state index >= 15 is 0 Å². The van der Waals surface area contributed by atoms with Crippen molar-refractivity contribution in [2.75, 3.05) is 38.8 Å². The van der Waals surface area contributed by atoms with Gasteiger partial charge in [-0.15, -0.1) is 5.10 Å². The maximum atomic E-state index is 6.31. The molecule has 2 aliphatic rings. The Morgan fingerprint density at radius 1 is 1.08 bits per heavy atom. The highest BCUT2D eigenvalue weighted by molar-refractivity contribution is 5.50. The Bertz CT molecular complexity index is 766. The van der Waals surface area contributed by atoms with Crippen LogP contribution >= 0.6 is 0 Å². The average Bonchev–Trinajstić information content (AvgIpc) is 3.08. The topological polar surface area (TPSA) is 69.9 Å². The second-order valence-corrected chi connectivity index (χ2v) is 6.55. The van der Waals surface area contributed by atoms with E-state index in [1.54, 1.807) is 14.2 Å². The van der Waals surface area contributed by atoms with Crippen molar-refractivity contribution in [3.63, 3.8) is 0 Å². The molecule has 0 amide bonds. The molecule has 134 valence electrons. The van der Waals surface area contributed by atoms with Crippen molar-refractivity contribution in [3.8, 4) is 11.5 Å². The molecule has 0 radical (unpaired) electrons. The van der Waals surface area contributed by atoms with Crippen molar-refractivity contribution in [2.24, 2.45) is 0 Å². The van der Waals surface area contributed by atoms with Crippen molar-refractivity contribution in [3.05, 3.63) is 29.2 Å². The molecular weight excluding hydrogens is 322 g/mol. The van der Waals surface area contributed by atoms with Crippen molar-refractivity contribution in [2.45, 2.75) is 31.8 Å². The first-order chi connectivity index (χ1) is 12.1. The van der Waals surface area contributed by atoms with E-state index in [1.165, 1.54) is 11.1 Å². The van der Waals surface area contributed by atoms with Crippen LogP contribution in [0.1, 0.15) is 29.9 Å². The summed E-state index contributed by atoms with van der Waals surface area (Å²) in [5.41, 5.74) is 2.22. The van der Waals surface area contributed by atoms with Gasteiger partial charge in [-0.3, -0.25) is 0 Å². The fourth-order valence-electron chi connectivity index (χ4n) is 3.87. The zero-order valence-corrected chi connectivity index (χ0v) is 14.9. The Balaban J connectivity index is 1.62. The van der Waals surface area contributed by atoms with Crippen LogP contribution in [0.5, 0.6) is 11.5 Å². The molecule has 25 heavy (non-hydrogen) atoms. The van der Waals surface area contributed by atoms with Crippen molar-refractivity contribution in [1.82, 2.24) is 10.2 Å². The standard InChI is InChI=1S/C18H23N3O4/c1-12-19-20-17(25-12)21-7-5-18(6-8-21)14-11-16(23-3)15(22-2)10-13(14)4-9-24-18/h10-11H,4-9H2,1-3H3. The van der Waals surface area contributed by atoms with Gasteiger partial charge in [-0.25, -0.2) is 0 Å². The van der Waals surface area contributed by atoms with Gasteiger partial charge in [0.2, 0.25) is 5.89 Å². The second kappa shape index (κ2) is 6.22. The molecule has 7 heteroatoms. The summed E-state index contributed by atoms with van der Waals surface area (Å²) in [5.74, 6) is 2.12. The van der Waals surface area contributed by atoms with E-state index in [-0.39, 0.29) is 5.60 Å². The lowest BCUT2D eigenvalue weighted by molar-refractivity contribution is -0.0771. The molecule has 0 aliphatic carbocycles. The van der Waals surface area contributed by atoms with Crippen molar-refractivity contribution >= 4 is 6.01 Å². The Labute approximate surface area is 146 Å². The van der Waals surface area contributed by atoms with Crippen LogP contribution in [-0.2, 0) is 16.8 Å². The van der Waals surface area contributed by atoms with Crippen molar-refractivity contribution in [1.29, 1.82) is 0 Å². The third kappa shape index (κ3) is 2.72. The van der Waals surface area contributed by atoms with Gasteiger partial charge in [0.05, 0.1) is 26.4 Å². The molecule has 1 fully saturated rings. The highest BCUT2D eigenvalue weighted by atomic mass is 16.5. The fraction of sp³-hybridized carbons (Fsp3) is 0.556. The third-order valence-electron chi connectivity index (χ3n) is 5.21. The summed E-state index contributed by atoms with van der Waals surface area (Å²) in [6.45, 7) is 4.16. The summed E-state index contributed by atoms with van der Waals surface area (Å²) in [5, 5.41) is 8.05. The smallest absolute Gasteiger partial charge is 0.318 e. The third-order valence-corrected chi connectivity index (χ3v) is 5.21. The van der Waals surface area contributed by atoms with Crippen LogP contribution in [0.4, 0.5) is 6.01 Å². The monoisotopic (exact) mass is 345 g/mol. The minimum Gasteiger partial charge on any atom is -0.493 e.